The van der Waals surface area contributed by atoms with Gasteiger partial charge in [-0.2, -0.15) is 0 Å². The van der Waals surface area contributed by atoms with Crippen LogP contribution in [0.3, 0.4) is 0 Å². The van der Waals surface area contributed by atoms with Gasteiger partial charge in [0.05, 0.1) is 28.7 Å². The average molecular weight is 362 g/mol. The Morgan fingerprint density at radius 3 is 2.56 bits per heavy atom. The molecule has 0 N–H and O–H groups in total. The van der Waals surface area contributed by atoms with Gasteiger partial charge >= 0.3 is 5.97 Å². The quantitative estimate of drug-likeness (QED) is 0.773. The summed E-state index contributed by atoms with van der Waals surface area (Å²) < 4.78 is 18.7. The highest BCUT2D eigenvalue weighted by Crippen LogP contribution is 2.43. The Kier molecular flexibility index (Phi) is 4.69. The molecule has 0 unspecified atom stereocenters. The Balaban J connectivity index is 2.12. The van der Waals surface area contributed by atoms with Crippen molar-refractivity contribution in [1.29, 1.82) is 0 Å². The second kappa shape index (κ2) is 6.63. The Morgan fingerprint density at radius 1 is 1.32 bits per heavy atom. The first-order valence-corrected chi connectivity index (χ1v) is 8.93. The van der Waals surface area contributed by atoms with Gasteiger partial charge in [-0.05, 0) is 45.4 Å². The molecule has 0 spiro atoms. The lowest BCUT2D eigenvalue weighted by atomic mass is 9.94. The van der Waals surface area contributed by atoms with E-state index >= 15 is 0 Å². The second-order valence-corrected chi connectivity index (χ2v) is 7.58. The molecule has 2 atom stereocenters. The smallest absolute Gasteiger partial charge is 0.338 e. The van der Waals surface area contributed by atoms with Crippen LogP contribution in [0, 0.1) is 5.82 Å². The molecule has 0 bridgehead atoms. The van der Waals surface area contributed by atoms with Gasteiger partial charge in [0.2, 0.25) is 5.91 Å². The van der Waals surface area contributed by atoms with E-state index < -0.39 is 12.0 Å². The Bertz CT molecular complexity index is 786. The maximum absolute atomic E-state index is 13.4. The molecular weight excluding hydrogens is 343 g/mol. The van der Waals surface area contributed by atoms with Gasteiger partial charge in [-0.3, -0.25) is 9.69 Å². The van der Waals surface area contributed by atoms with Crippen LogP contribution in [0.5, 0.6) is 0 Å². The van der Waals surface area contributed by atoms with Crippen molar-refractivity contribution in [2.24, 2.45) is 4.99 Å². The van der Waals surface area contributed by atoms with Gasteiger partial charge in [-0.15, -0.1) is 0 Å². The lowest BCUT2D eigenvalue weighted by Crippen LogP contribution is -2.40. The van der Waals surface area contributed by atoms with E-state index in [9.17, 15) is 14.0 Å². The van der Waals surface area contributed by atoms with Crippen LogP contribution in [0.25, 0.3) is 0 Å². The molecule has 0 aliphatic carbocycles. The van der Waals surface area contributed by atoms with Crippen LogP contribution in [0.15, 0.2) is 40.5 Å². The van der Waals surface area contributed by atoms with Crippen LogP contribution in [0.1, 0.15) is 39.3 Å². The number of hydrogen-bond acceptors (Lipinski definition) is 5. The van der Waals surface area contributed by atoms with E-state index in [4.69, 9.17) is 4.74 Å². The largest absolute Gasteiger partial charge is 0.459 e. The highest BCUT2D eigenvalue weighted by molar-refractivity contribution is 8.15. The number of aliphatic imine (C=N–C) groups is 1. The molecule has 0 radical (unpaired) electrons. The van der Waals surface area contributed by atoms with Crippen molar-refractivity contribution < 1.29 is 18.7 Å². The van der Waals surface area contributed by atoms with Crippen molar-refractivity contribution in [3.8, 4) is 0 Å². The summed E-state index contributed by atoms with van der Waals surface area (Å²) in [7, 11) is 0. The Labute approximate surface area is 149 Å². The SMILES string of the molecule is CC1=C(C(=O)OC(C)C)[C@@H](c2ccc(F)cc2)N2C(=O)[C@H](C)SC2=N1. The van der Waals surface area contributed by atoms with Gasteiger partial charge < -0.3 is 4.74 Å². The van der Waals surface area contributed by atoms with Crippen LogP contribution in [-0.4, -0.2) is 33.3 Å². The molecule has 0 saturated carbocycles. The van der Waals surface area contributed by atoms with E-state index in [0.29, 0.717) is 22.0 Å². The summed E-state index contributed by atoms with van der Waals surface area (Å²) in [6, 6.07) is 5.14. The number of carbonyl (C=O) groups excluding carboxylic acids is 2. The topological polar surface area (TPSA) is 59.0 Å². The third-order valence-electron chi connectivity index (χ3n) is 4.01. The molecule has 1 fully saturated rings. The lowest BCUT2D eigenvalue weighted by molar-refractivity contribution is -0.143. The highest BCUT2D eigenvalue weighted by atomic mass is 32.2. The Hall–Kier alpha value is -2.15. The molecule has 2 aliphatic heterocycles. The van der Waals surface area contributed by atoms with E-state index in [1.807, 2.05) is 0 Å². The van der Waals surface area contributed by atoms with Crippen molar-refractivity contribution in [3.63, 3.8) is 0 Å². The van der Waals surface area contributed by atoms with E-state index in [0.717, 1.165) is 0 Å². The molecule has 1 aromatic carbocycles. The number of hydrogen-bond donors (Lipinski definition) is 0. The zero-order valence-corrected chi connectivity index (χ0v) is 15.3. The lowest BCUT2D eigenvalue weighted by Gasteiger charge is -2.33. The summed E-state index contributed by atoms with van der Waals surface area (Å²) in [5, 5.41) is 0.278. The number of esters is 1. The molecule has 25 heavy (non-hydrogen) atoms. The van der Waals surface area contributed by atoms with Crippen molar-refractivity contribution in [2.45, 2.75) is 45.1 Å². The number of amidine groups is 1. The number of ether oxygens (including phenoxy) is 1. The first-order chi connectivity index (χ1) is 11.8. The third-order valence-corrected chi connectivity index (χ3v) is 5.06. The average Bonchev–Trinajstić information content (AvgIpc) is 2.80. The van der Waals surface area contributed by atoms with Crippen LogP contribution in [0.4, 0.5) is 4.39 Å². The normalized spacial score (nSPS) is 23.0. The summed E-state index contributed by atoms with van der Waals surface area (Å²) in [5.41, 5.74) is 1.47. The third kappa shape index (κ3) is 3.20. The number of fused-ring (bicyclic) bond motifs is 1. The maximum atomic E-state index is 13.4. The van der Waals surface area contributed by atoms with Gasteiger partial charge in [0.15, 0.2) is 5.17 Å². The minimum atomic E-state index is -0.663. The molecule has 2 aliphatic rings. The molecule has 7 heteroatoms. The number of rotatable bonds is 3. The predicted molar refractivity (Wildman–Crippen MR) is 94.4 cm³/mol. The summed E-state index contributed by atoms with van der Waals surface area (Å²) in [6.07, 6.45) is -0.297. The first kappa shape index (κ1) is 17.7. The van der Waals surface area contributed by atoms with Crippen molar-refractivity contribution in [1.82, 2.24) is 4.90 Å². The van der Waals surface area contributed by atoms with Crippen molar-refractivity contribution in [3.05, 3.63) is 46.9 Å². The van der Waals surface area contributed by atoms with E-state index in [1.54, 1.807) is 39.8 Å². The molecular formula is C18H19FN2O3S. The van der Waals surface area contributed by atoms with Gasteiger partial charge in [-0.1, -0.05) is 23.9 Å². The monoisotopic (exact) mass is 362 g/mol. The molecule has 2 heterocycles. The predicted octanol–water partition coefficient (Wildman–Crippen LogP) is 3.43. The van der Waals surface area contributed by atoms with Crippen molar-refractivity contribution in [2.75, 3.05) is 0 Å². The van der Waals surface area contributed by atoms with E-state index in [1.165, 1.54) is 28.8 Å². The fourth-order valence-corrected chi connectivity index (χ4v) is 3.93. The van der Waals surface area contributed by atoms with E-state index in [2.05, 4.69) is 4.99 Å². The molecule has 3 rings (SSSR count). The fourth-order valence-electron chi connectivity index (χ4n) is 2.90. The molecule has 5 nitrogen and oxygen atoms in total. The minimum Gasteiger partial charge on any atom is -0.459 e. The maximum Gasteiger partial charge on any atom is 0.338 e. The summed E-state index contributed by atoms with van der Waals surface area (Å²) >= 11 is 1.36. The molecule has 1 saturated heterocycles. The van der Waals surface area contributed by atoms with Gasteiger partial charge in [0, 0.05) is 0 Å². The number of thioether (sulfide) groups is 1. The molecule has 0 aromatic heterocycles. The summed E-state index contributed by atoms with van der Waals surface area (Å²) in [6.45, 7) is 7.05. The Morgan fingerprint density at radius 2 is 1.96 bits per heavy atom. The molecule has 132 valence electrons. The first-order valence-electron chi connectivity index (χ1n) is 8.05. The summed E-state index contributed by atoms with van der Waals surface area (Å²) in [5.74, 6) is -1.02. The van der Waals surface area contributed by atoms with Gasteiger partial charge in [0.25, 0.3) is 0 Å². The minimum absolute atomic E-state index is 0.125. The molecule has 1 aromatic rings. The number of nitrogens with zero attached hydrogens (tertiary/aromatic N) is 2. The van der Waals surface area contributed by atoms with Gasteiger partial charge in [-0.25, -0.2) is 14.2 Å². The zero-order chi connectivity index (χ0) is 18.3. The van der Waals surface area contributed by atoms with Crippen LogP contribution in [-0.2, 0) is 14.3 Å². The fraction of sp³-hybridized carbons (Fsp3) is 0.389. The van der Waals surface area contributed by atoms with Gasteiger partial charge in [0.1, 0.15) is 5.82 Å². The number of halogens is 1. The van der Waals surface area contributed by atoms with E-state index in [-0.39, 0.29) is 23.1 Å². The van der Waals surface area contributed by atoms with Crippen LogP contribution >= 0.6 is 11.8 Å². The zero-order valence-electron chi connectivity index (χ0n) is 14.4. The number of benzene rings is 1. The van der Waals surface area contributed by atoms with Crippen LogP contribution in [0.2, 0.25) is 0 Å². The van der Waals surface area contributed by atoms with Crippen LogP contribution < -0.4 is 0 Å². The highest BCUT2D eigenvalue weighted by Gasteiger charge is 2.46. The number of amides is 1. The summed E-state index contributed by atoms with van der Waals surface area (Å²) in [4.78, 5) is 31.3. The number of carbonyl (C=O) groups is 2. The van der Waals surface area contributed by atoms with Crippen molar-refractivity contribution >= 4 is 28.8 Å². The second-order valence-electron chi connectivity index (χ2n) is 6.27. The number of allylic oxidation sites excluding steroid dienone is 1. The standard InChI is InChI=1S/C18H19FN2O3S/c1-9(2)24-17(23)14-10(3)20-18-21(16(22)11(4)25-18)15(14)12-5-7-13(19)8-6-12/h5-9,11,15H,1-4H3/t11-,15+/m0/s1. The molecule has 1 amide bonds.